The molecule has 1 aromatic carbocycles. The van der Waals surface area contributed by atoms with E-state index in [1.54, 1.807) is 0 Å². The van der Waals surface area contributed by atoms with Crippen LogP contribution in [0.3, 0.4) is 0 Å². The SMILES string of the molecule is CC(C)=CC=C(C)C#Cc1ccc(C)c(C)c1. The summed E-state index contributed by atoms with van der Waals surface area (Å²) in [6, 6.07) is 6.33. The van der Waals surface area contributed by atoms with Crippen molar-refractivity contribution in [1.82, 2.24) is 0 Å². The minimum absolute atomic E-state index is 1.08. The van der Waals surface area contributed by atoms with Gasteiger partial charge in [-0.25, -0.2) is 0 Å². The zero-order chi connectivity index (χ0) is 12.8. The molecule has 0 aliphatic carbocycles. The summed E-state index contributed by atoms with van der Waals surface area (Å²) in [5.74, 6) is 6.36. The second-order valence-corrected chi connectivity index (χ2v) is 4.64. The van der Waals surface area contributed by atoms with E-state index in [1.165, 1.54) is 16.7 Å². The van der Waals surface area contributed by atoms with Crippen molar-refractivity contribution < 1.29 is 0 Å². The minimum Gasteiger partial charge on any atom is -0.0764 e. The highest BCUT2D eigenvalue weighted by atomic mass is 14.0. The van der Waals surface area contributed by atoms with Crippen LogP contribution in [-0.2, 0) is 0 Å². The Morgan fingerprint density at radius 3 is 2.29 bits per heavy atom. The Balaban J connectivity index is 2.88. The second kappa shape index (κ2) is 6.11. The Kier molecular flexibility index (Phi) is 4.79. The molecule has 0 aliphatic rings. The lowest BCUT2D eigenvalue weighted by Crippen LogP contribution is -1.82. The van der Waals surface area contributed by atoms with Gasteiger partial charge in [0.1, 0.15) is 0 Å². The maximum Gasteiger partial charge on any atom is 0.0251 e. The molecule has 0 spiro atoms. The van der Waals surface area contributed by atoms with Crippen molar-refractivity contribution in [1.29, 1.82) is 0 Å². The lowest BCUT2D eigenvalue weighted by atomic mass is 10.1. The van der Waals surface area contributed by atoms with Gasteiger partial charge < -0.3 is 0 Å². The van der Waals surface area contributed by atoms with Gasteiger partial charge in [0.05, 0.1) is 0 Å². The lowest BCUT2D eigenvalue weighted by molar-refractivity contribution is 1.33. The lowest BCUT2D eigenvalue weighted by Gasteiger charge is -1.98. The summed E-state index contributed by atoms with van der Waals surface area (Å²) in [7, 11) is 0. The highest BCUT2D eigenvalue weighted by molar-refractivity contribution is 5.44. The Bertz CT molecular complexity index is 513. The second-order valence-electron chi connectivity index (χ2n) is 4.64. The summed E-state index contributed by atoms with van der Waals surface area (Å²) in [5, 5.41) is 0. The van der Waals surface area contributed by atoms with Crippen molar-refractivity contribution in [2.75, 3.05) is 0 Å². The molecule has 0 saturated carbocycles. The first-order valence-corrected chi connectivity index (χ1v) is 5.90. The molecule has 0 heteroatoms. The van der Waals surface area contributed by atoms with Crippen LogP contribution in [0.25, 0.3) is 0 Å². The third kappa shape index (κ3) is 4.74. The zero-order valence-electron chi connectivity index (χ0n) is 11.4. The first-order chi connectivity index (χ1) is 7.99. The van der Waals surface area contributed by atoms with E-state index in [0.29, 0.717) is 0 Å². The number of aryl methyl sites for hydroxylation is 2. The van der Waals surface area contributed by atoms with Gasteiger partial charge in [-0.3, -0.25) is 0 Å². The highest BCUT2D eigenvalue weighted by Gasteiger charge is 1.92. The third-order valence-electron chi connectivity index (χ3n) is 2.58. The summed E-state index contributed by atoms with van der Waals surface area (Å²) in [4.78, 5) is 0. The molecule has 0 unspecified atom stereocenters. The van der Waals surface area contributed by atoms with Gasteiger partial charge in [0.2, 0.25) is 0 Å². The van der Waals surface area contributed by atoms with Crippen molar-refractivity contribution in [3.8, 4) is 11.8 Å². The van der Waals surface area contributed by atoms with Gasteiger partial charge in [-0.05, 0) is 63.5 Å². The summed E-state index contributed by atoms with van der Waals surface area (Å²) < 4.78 is 0. The molecule has 0 heterocycles. The molecular weight excluding hydrogens is 204 g/mol. The van der Waals surface area contributed by atoms with E-state index in [9.17, 15) is 0 Å². The van der Waals surface area contributed by atoms with Gasteiger partial charge in [0.25, 0.3) is 0 Å². The average Bonchev–Trinajstić information content (AvgIpc) is 2.28. The van der Waals surface area contributed by atoms with Crippen LogP contribution in [-0.4, -0.2) is 0 Å². The third-order valence-corrected chi connectivity index (χ3v) is 2.58. The van der Waals surface area contributed by atoms with Gasteiger partial charge in [-0.1, -0.05) is 35.6 Å². The quantitative estimate of drug-likeness (QED) is 0.484. The maximum atomic E-state index is 3.19. The van der Waals surface area contributed by atoms with E-state index in [4.69, 9.17) is 0 Å². The van der Waals surface area contributed by atoms with Gasteiger partial charge in [0.15, 0.2) is 0 Å². The van der Waals surface area contributed by atoms with Gasteiger partial charge in [-0.15, -0.1) is 0 Å². The van der Waals surface area contributed by atoms with Crippen LogP contribution in [0.5, 0.6) is 0 Å². The van der Waals surface area contributed by atoms with Gasteiger partial charge >= 0.3 is 0 Å². The zero-order valence-corrected chi connectivity index (χ0v) is 11.4. The summed E-state index contributed by atoms with van der Waals surface area (Å²) in [5.41, 5.74) is 6.06. The molecule has 0 aliphatic heterocycles. The summed E-state index contributed by atoms with van der Waals surface area (Å²) >= 11 is 0. The average molecular weight is 224 g/mol. The van der Waals surface area contributed by atoms with Crippen LogP contribution in [0, 0.1) is 25.7 Å². The summed E-state index contributed by atoms with van der Waals surface area (Å²) in [6.07, 6.45) is 4.15. The molecule has 1 aromatic rings. The molecule has 0 bridgehead atoms. The number of allylic oxidation sites excluding steroid dienone is 4. The first-order valence-electron chi connectivity index (χ1n) is 5.90. The van der Waals surface area contributed by atoms with E-state index < -0.39 is 0 Å². The molecule has 0 atom stereocenters. The predicted octanol–water partition coefficient (Wildman–Crippen LogP) is 4.57. The van der Waals surface area contributed by atoms with Crippen LogP contribution in [0.2, 0.25) is 0 Å². The summed E-state index contributed by atoms with van der Waals surface area (Å²) in [6.45, 7) is 10.4. The number of benzene rings is 1. The molecular formula is C17H20. The van der Waals surface area contributed by atoms with E-state index in [0.717, 1.165) is 11.1 Å². The molecule has 0 saturated heterocycles. The van der Waals surface area contributed by atoms with Crippen LogP contribution >= 0.6 is 0 Å². The fourth-order valence-corrected chi connectivity index (χ4v) is 1.32. The molecule has 0 fully saturated rings. The van der Waals surface area contributed by atoms with Crippen LogP contribution in [0.15, 0.2) is 41.5 Å². The number of hydrogen-bond acceptors (Lipinski definition) is 0. The van der Waals surface area contributed by atoms with Crippen LogP contribution in [0.1, 0.15) is 37.5 Å². The smallest absolute Gasteiger partial charge is 0.0251 e. The first kappa shape index (κ1) is 13.3. The molecule has 17 heavy (non-hydrogen) atoms. The highest BCUT2D eigenvalue weighted by Crippen LogP contribution is 2.08. The van der Waals surface area contributed by atoms with E-state index >= 15 is 0 Å². The van der Waals surface area contributed by atoms with Crippen LogP contribution in [0.4, 0.5) is 0 Å². The normalized spacial score (nSPS) is 10.5. The predicted molar refractivity (Wildman–Crippen MR) is 76.0 cm³/mol. The Labute approximate surface area is 105 Å². The largest absolute Gasteiger partial charge is 0.0764 e. The van der Waals surface area contributed by atoms with Crippen molar-refractivity contribution in [2.24, 2.45) is 0 Å². The van der Waals surface area contributed by atoms with E-state index in [1.807, 2.05) is 6.92 Å². The molecule has 0 nitrogen and oxygen atoms in total. The van der Waals surface area contributed by atoms with Gasteiger partial charge in [-0.2, -0.15) is 0 Å². The van der Waals surface area contributed by atoms with Crippen molar-refractivity contribution in [2.45, 2.75) is 34.6 Å². The Morgan fingerprint density at radius 1 is 1.00 bits per heavy atom. The number of rotatable bonds is 1. The number of hydrogen-bond donors (Lipinski definition) is 0. The minimum atomic E-state index is 1.08. The Hall–Kier alpha value is -1.74. The maximum absolute atomic E-state index is 3.19. The van der Waals surface area contributed by atoms with E-state index in [2.05, 4.69) is 69.9 Å². The standard InChI is InChI=1S/C17H20/c1-13(2)6-7-14(3)8-10-17-11-9-15(4)16(5)12-17/h6-7,9,11-12H,1-5H3. The molecule has 0 N–H and O–H groups in total. The van der Waals surface area contributed by atoms with Crippen molar-refractivity contribution in [3.05, 3.63) is 58.2 Å². The monoisotopic (exact) mass is 224 g/mol. The molecule has 0 radical (unpaired) electrons. The fraction of sp³-hybridized carbons (Fsp3) is 0.294. The van der Waals surface area contributed by atoms with E-state index in [-0.39, 0.29) is 0 Å². The Morgan fingerprint density at radius 2 is 1.71 bits per heavy atom. The van der Waals surface area contributed by atoms with Crippen molar-refractivity contribution >= 4 is 0 Å². The van der Waals surface area contributed by atoms with Gasteiger partial charge in [0, 0.05) is 5.56 Å². The molecule has 0 amide bonds. The molecule has 1 rings (SSSR count). The molecule has 0 aromatic heterocycles. The molecule has 88 valence electrons. The van der Waals surface area contributed by atoms with Crippen LogP contribution < -0.4 is 0 Å². The topological polar surface area (TPSA) is 0 Å². The fourth-order valence-electron chi connectivity index (χ4n) is 1.32. The van der Waals surface area contributed by atoms with Crippen molar-refractivity contribution in [3.63, 3.8) is 0 Å².